The minimum atomic E-state index is -1.12. The molecule has 8 heteroatoms. The number of fused-ring (bicyclic) bond motifs is 1. The lowest BCUT2D eigenvalue weighted by Gasteiger charge is -2.22. The summed E-state index contributed by atoms with van der Waals surface area (Å²) in [6.45, 7) is 6.58. The lowest BCUT2D eigenvalue weighted by atomic mass is 10.1. The predicted molar refractivity (Wildman–Crippen MR) is 100 cm³/mol. The second-order valence-electron chi connectivity index (χ2n) is 6.74. The Kier molecular flexibility index (Phi) is 5.75. The molecule has 1 aromatic heterocycles. The predicted octanol–water partition coefficient (Wildman–Crippen LogP) is 3.80. The number of carbonyl (C=O) groups excluding carboxylic acids is 3. The van der Waals surface area contributed by atoms with Crippen LogP contribution in [-0.4, -0.2) is 35.2 Å². The molecule has 0 aliphatic carbocycles. The van der Waals surface area contributed by atoms with Crippen LogP contribution >= 0.6 is 15.9 Å². The van der Waals surface area contributed by atoms with E-state index in [0.717, 1.165) is 4.47 Å². The molecule has 7 nitrogen and oxygen atoms in total. The summed E-state index contributed by atoms with van der Waals surface area (Å²) >= 11 is 3.38. The van der Waals surface area contributed by atoms with E-state index in [-0.39, 0.29) is 5.91 Å². The molecule has 1 amide bonds. The smallest absolute Gasteiger partial charge is 0.408 e. The van der Waals surface area contributed by atoms with Crippen LogP contribution in [0.3, 0.4) is 0 Å². The zero-order chi connectivity index (χ0) is 19.6. The average Bonchev–Trinajstić information content (AvgIpc) is 2.88. The molecular weight excluding hydrogens is 404 g/mol. The third-order valence-corrected chi connectivity index (χ3v) is 4.04. The zero-order valence-electron chi connectivity index (χ0n) is 15.3. The van der Waals surface area contributed by atoms with Gasteiger partial charge in [0.25, 0.3) is 0 Å². The number of carbonyl (C=O) groups is 3. The van der Waals surface area contributed by atoms with E-state index in [4.69, 9.17) is 9.47 Å². The van der Waals surface area contributed by atoms with E-state index < -0.39 is 23.7 Å². The van der Waals surface area contributed by atoms with Gasteiger partial charge in [0.15, 0.2) is 6.04 Å². The van der Waals surface area contributed by atoms with Crippen molar-refractivity contribution < 1.29 is 23.9 Å². The van der Waals surface area contributed by atoms with Crippen LogP contribution in [-0.2, 0) is 14.3 Å². The normalized spacial score (nSPS) is 12.5. The highest BCUT2D eigenvalue weighted by atomic mass is 79.9. The zero-order valence-corrected chi connectivity index (χ0v) is 16.8. The molecule has 0 aliphatic rings. The maximum atomic E-state index is 12.3. The van der Waals surface area contributed by atoms with Gasteiger partial charge in [-0.05, 0) is 39.0 Å². The Morgan fingerprint density at radius 2 is 1.88 bits per heavy atom. The summed E-state index contributed by atoms with van der Waals surface area (Å²) in [5.74, 6) is -0.886. The molecule has 0 saturated heterocycles. The van der Waals surface area contributed by atoms with Crippen LogP contribution in [0.15, 0.2) is 28.9 Å². The number of hydrogen-bond donors (Lipinski definition) is 1. The Morgan fingerprint density at radius 3 is 2.42 bits per heavy atom. The van der Waals surface area contributed by atoms with E-state index in [2.05, 4.69) is 21.2 Å². The first kappa shape index (κ1) is 20.0. The van der Waals surface area contributed by atoms with E-state index in [0.29, 0.717) is 16.5 Å². The van der Waals surface area contributed by atoms with Gasteiger partial charge in [-0.1, -0.05) is 15.9 Å². The third kappa shape index (κ3) is 4.43. The molecule has 0 saturated carbocycles. The van der Waals surface area contributed by atoms with Gasteiger partial charge in [0.1, 0.15) is 5.60 Å². The summed E-state index contributed by atoms with van der Waals surface area (Å²) in [7, 11) is 1.23. The molecule has 0 aliphatic heterocycles. The van der Waals surface area contributed by atoms with Gasteiger partial charge in [0, 0.05) is 28.5 Å². The van der Waals surface area contributed by atoms with Crippen LogP contribution in [0.2, 0.25) is 0 Å². The van der Waals surface area contributed by atoms with Gasteiger partial charge in [-0.15, -0.1) is 0 Å². The summed E-state index contributed by atoms with van der Waals surface area (Å²) < 4.78 is 12.3. The second-order valence-corrected chi connectivity index (χ2v) is 7.65. The van der Waals surface area contributed by atoms with Gasteiger partial charge in [0.05, 0.1) is 12.6 Å². The first-order chi connectivity index (χ1) is 12.0. The van der Waals surface area contributed by atoms with Gasteiger partial charge >= 0.3 is 12.1 Å². The van der Waals surface area contributed by atoms with Crippen LogP contribution in [0.5, 0.6) is 0 Å². The lowest BCUT2D eigenvalue weighted by molar-refractivity contribution is -0.143. The number of nitrogens with zero attached hydrogens (tertiary/aromatic N) is 1. The van der Waals surface area contributed by atoms with Crippen molar-refractivity contribution in [2.75, 3.05) is 7.11 Å². The molecular formula is C18H21BrN2O5. The summed E-state index contributed by atoms with van der Waals surface area (Å²) in [5.41, 5.74) is 0.339. The van der Waals surface area contributed by atoms with Crippen molar-refractivity contribution in [1.82, 2.24) is 9.88 Å². The number of esters is 1. The van der Waals surface area contributed by atoms with Gasteiger partial charge < -0.3 is 14.8 Å². The van der Waals surface area contributed by atoms with Crippen molar-refractivity contribution in [3.63, 3.8) is 0 Å². The standard InChI is InChI=1S/C18H21BrN2O5/c1-10(22)21-9-13(12-8-11(19)6-7-14(12)21)15(16(23)25-5)20-17(24)26-18(2,3)4/h6-9,15H,1-5H3,(H,20,24). The number of aromatic nitrogens is 1. The molecule has 1 heterocycles. The highest BCUT2D eigenvalue weighted by molar-refractivity contribution is 9.10. The van der Waals surface area contributed by atoms with Crippen molar-refractivity contribution in [3.8, 4) is 0 Å². The van der Waals surface area contributed by atoms with E-state index in [1.54, 1.807) is 39.0 Å². The molecule has 1 atom stereocenters. The topological polar surface area (TPSA) is 86.6 Å². The van der Waals surface area contributed by atoms with Gasteiger partial charge in [0.2, 0.25) is 5.91 Å². The summed E-state index contributed by atoms with van der Waals surface area (Å²) in [4.78, 5) is 36.5. The van der Waals surface area contributed by atoms with E-state index >= 15 is 0 Å². The molecule has 140 valence electrons. The molecule has 0 radical (unpaired) electrons. The summed E-state index contributed by atoms with van der Waals surface area (Å²) in [5, 5.41) is 3.17. The first-order valence-corrected chi connectivity index (χ1v) is 8.71. The Balaban J connectivity index is 2.55. The molecule has 0 spiro atoms. The SMILES string of the molecule is COC(=O)C(NC(=O)OC(C)(C)C)c1cn(C(C)=O)c2ccc(Br)cc12. The lowest BCUT2D eigenvalue weighted by Crippen LogP contribution is -2.38. The van der Waals surface area contributed by atoms with Crippen LogP contribution < -0.4 is 5.32 Å². The molecule has 1 unspecified atom stereocenters. The number of nitrogens with one attached hydrogen (secondary N) is 1. The number of halogens is 1. The van der Waals surface area contributed by atoms with Gasteiger partial charge in [-0.25, -0.2) is 9.59 Å². The molecule has 0 bridgehead atoms. The fourth-order valence-corrected chi connectivity index (χ4v) is 2.89. The molecule has 1 aromatic carbocycles. The maximum Gasteiger partial charge on any atom is 0.408 e. The highest BCUT2D eigenvalue weighted by Crippen LogP contribution is 2.30. The Hall–Kier alpha value is -2.35. The number of ether oxygens (including phenoxy) is 2. The van der Waals surface area contributed by atoms with Crippen molar-refractivity contribution in [3.05, 3.63) is 34.4 Å². The molecule has 2 aromatic rings. The fraction of sp³-hybridized carbons (Fsp3) is 0.389. The largest absolute Gasteiger partial charge is 0.467 e. The highest BCUT2D eigenvalue weighted by Gasteiger charge is 2.30. The van der Waals surface area contributed by atoms with Crippen LogP contribution in [0, 0.1) is 0 Å². The number of hydrogen-bond acceptors (Lipinski definition) is 5. The minimum Gasteiger partial charge on any atom is -0.467 e. The Morgan fingerprint density at radius 1 is 1.23 bits per heavy atom. The van der Waals surface area contributed by atoms with Crippen LogP contribution in [0.25, 0.3) is 10.9 Å². The van der Waals surface area contributed by atoms with E-state index in [1.165, 1.54) is 24.8 Å². The van der Waals surface area contributed by atoms with E-state index in [1.807, 2.05) is 0 Å². The van der Waals surface area contributed by atoms with Crippen molar-refractivity contribution in [2.24, 2.45) is 0 Å². The fourth-order valence-electron chi connectivity index (χ4n) is 2.53. The summed E-state index contributed by atoms with van der Waals surface area (Å²) in [6.07, 6.45) is 0.768. The van der Waals surface area contributed by atoms with Crippen molar-refractivity contribution in [1.29, 1.82) is 0 Å². The average molecular weight is 425 g/mol. The maximum absolute atomic E-state index is 12.3. The monoisotopic (exact) mass is 424 g/mol. The van der Waals surface area contributed by atoms with Crippen molar-refractivity contribution >= 4 is 44.8 Å². The molecule has 2 rings (SSSR count). The number of rotatable bonds is 3. The number of benzene rings is 1. The second kappa shape index (κ2) is 7.49. The third-order valence-electron chi connectivity index (χ3n) is 3.55. The number of methoxy groups -OCH3 is 1. The van der Waals surface area contributed by atoms with Crippen molar-refractivity contribution in [2.45, 2.75) is 39.3 Å². The summed E-state index contributed by atoms with van der Waals surface area (Å²) in [6, 6.07) is 4.20. The molecule has 0 fully saturated rings. The quantitative estimate of drug-likeness (QED) is 0.756. The van der Waals surface area contributed by atoms with Crippen LogP contribution in [0.4, 0.5) is 4.79 Å². The molecule has 26 heavy (non-hydrogen) atoms. The van der Waals surface area contributed by atoms with Crippen LogP contribution in [0.1, 0.15) is 44.1 Å². The first-order valence-electron chi connectivity index (χ1n) is 7.92. The number of alkyl carbamates (subject to hydrolysis) is 1. The minimum absolute atomic E-state index is 0.218. The Labute approximate surface area is 159 Å². The molecule has 1 N–H and O–H groups in total. The van der Waals surface area contributed by atoms with Gasteiger partial charge in [-0.3, -0.25) is 9.36 Å². The van der Waals surface area contributed by atoms with Gasteiger partial charge in [-0.2, -0.15) is 0 Å². The van der Waals surface area contributed by atoms with E-state index in [9.17, 15) is 14.4 Å². The Bertz CT molecular complexity index is 866. The number of amides is 1.